The number of hydrogen-bond donors (Lipinski definition) is 5. The van der Waals surface area contributed by atoms with E-state index in [0.717, 1.165) is 47.6 Å². The summed E-state index contributed by atoms with van der Waals surface area (Å²) >= 11 is 6.09. The molecule has 2 rings (SSSR count). The number of carbonyl (C=O) groups excluding carboxylic acids is 11. The highest BCUT2D eigenvalue weighted by atomic mass is 35.5. The lowest BCUT2D eigenvalue weighted by Gasteiger charge is -2.37. The number of hydrogen-bond acceptors (Lipinski definition) is 14. The van der Waals surface area contributed by atoms with Gasteiger partial charge in [-0.25, -0.2) is 0 Å². The molecular weight excluding hydrogens is 1250 g/mol. The molecule has 0 bridgehead atoms. The zero-order valence-corrected chi connectivity index (χ0v) is 59.6. The molecule has 0 radical (unpaired) electrons. The minimum Gasteiger partial charge on any atom is -0.388 e. The molecule has 1 fully saturated rings. The number of alkyl halides is 3. The van der Waals surface area contributed by atoms with Gasteiger partial charge in [-0.1, -0.05) is 79.5 Å². The topological polar surface area (TPSA) is 297 Å². The Labute approximate surface area is 558 Å². The van der Waals surface area contributed by atoms with Gasteiger partial charge in [0.15, 0.2) is 0 Å². The molecule has 29 heteroatoms. The van der Waals surface area contributed by atoms with Gasteiger partial charge < -0.3 is 70.1 Å². The molecule has 5 N–H and O–H groups in total. The van der Waals surface area contributed by atoms with Crippen LogP contribution in [-0.4, -0.2) is 253 Å². The van der Waals surface area contributed by atoms with Crippen LogP contribution in [-0.2, 0) is 74.8 Å². The minimum atomic E-state index is -4.80. The van der Waals surface area contributed by atoms with Gasteiger partial charge in [-0.3, -0.25) is 52.7 Å². The molecule has 1 aromatic carbocycles. The van der Waals surface area contributed by atoms with Gasteiger partial charge in [0.2, 0.25) is 65.0 Å². The van der Waals surface area contributed by atoms with E-state index in [0.29, 0.717) is 12.8 Å². The van der Waals surface area contributed by atoms with Gasteiger partial charge in [0, 0.05) is 68.4 Å². The van der Waals surface area contributed by atoms with Gasteiger partial charge in [0.25, 0.3) is 0 Å². The maximum Gasteiger partial charge on any atom is 0.417 e. The van der Waals surface area contributed by atoms with Gasteiger partial charge in [-0.15, -0.1) is 0 Å². The average molecular weight is 1360 g/mol. The number of aryl methyl sites for hydroxylation is 1. The number of ether oxygens (including phenoxy) is 2. The number of nitrogens with zero attached hydrogens (tertiary/aromatic N) is 7. The van der Waals surface area contributed by atoms with Crippen molar-refractivity contribution in [2.24, 2.45) is 23.7 Å². The van der Waals surface area contributed by atoms with E-state index >= 15 is 4.79 Å². The van der Waals surface area contributed by atoms with Crippen LogP contribution in [0.4, 0.5) is 13.2 Å². The summed E-state index contributed by atoms with van der Waals surface area (Å²) in [5.74, 6) is -8.99. The van der Waals surface area contributed by atoms with Crippen LogP contribution in [0.5, 0.6) is 0 Å². The first-order valence-electron chi connectivity index (χ1n) is 32.0. The van der Waals surface area contributed by atoms with E-state index in [1.54, 1.807) is 13.8 Å². The van der Waals surface area contributed by atoms with E-state index in [1.807, 2.05) is 48.5 Å². The van der Waals surface area contributed by atoms with Crippen LogP contribution in [0.3, 0.4) is 0 Å². The summed E-state index contributed by atoms with van der Waals surface area (Å²) in [7, 11) is 9.25. The summed E-state index contributed by atoms with van der Waals surface area (Å²) in [6.45, 7) is 18.9. The molecular formula is C65H107ClF3N11O14. The molecule has 11 amide bonds. The Hall–Kier alpha value is -6.65. The summed E-state index contributed by atoms with van der Waals surface area (Å²) < 4.78 is 53.1. The van der Waals surface area contributed by atoms with E-state index in [2.05, 4.69) is 21.3 Å². The normalized spacial score (nSPS) is 23.5. The number of nitrogens with one attached hydrogen (secondary N) is 4. The van der Waals surface area contributed by atoms with Gasteiger partial charge in [-0.2, -0.15) is 13.2 Å². The summed E-state index contributed by atoms with van der Waals surface area (Å²) in [4.78, 5) is 166. The third kappa shape index (κ3) is 26.2. The van der Waals surface area contributed by atoms with Gasteiger partial charge in [0.05, 0.1) is 55.6 Å². The summed E-state index contributed by atoms with van der Waals surface area (Å²) in [5, 5.41) is 21.0. The summed E-state index contributed by atoms with van der Waals surface area (Å²) in [5.41, 5.74) is -4.21. The second kappa shape index (κ2) is 37.0. The smallest absolute Gasteiger partial charge is 0.388 e. The molecule has 0 aromatic heterocycles. The second-order valence-electron chi connectivity index (χ2n) is 27.5. The molecule has 1 saturated heterocycles. The number of amides is 11. The Morgan fingerprint density at radius 1 is 0.638 bits per heavy atom. The van der Waals surface area contributed by atoms with E-state index in [-0.39, 0.29) is 75.2 Å². The fourth-order valence-electron chi connectivity index (χ4n) is 10.3. The zero-order valence-electron chi connectivity index (χ0n) is 58.9. The molecule has 25 nitrogen and oxygen atoms in total. The first-order valence-corrected chi connectivity index (χ1v) is 32.4. The second-order valence-corrected chi connectivity index (χ2v) is 27.9. The largest absolute Gasteiger partial charge is 0.417 e. The molecule has 534 valence electrons. The molecule has 0 unspecified atom stereocenters. The molecule has 1 aliphatic rings. The predicted molar refractivity (Wildman–Crippen MR) is 348 cm³/mol. The van der Waals surface area contributed by atoms with Crippen molar-refractivity contribution in [2.75, 3.05) is 95.4 Å². The third-order valence-electron chi connectivity index (χ3n) is 16.4. The third-order valence-corrected chi connectivity index (χ3v) is 16.7. The maximum absolute atomic E-state index is 15.0. The zero-order chi connectivity index (χ0) is 72.2. The molecule has 1 heterocycles. The first-order chi connectivity index (χ1) is 43.3. The quantitative estimate of drug-likeness (QED) is 0.131. The number of carbonyl (C=O) groups is 11. The van der Waals surface area contributed by atoms with E-state index in [9.17, 15) is 66.2 Å². The minimum absolute atomic E-state index is 0.107. The number of halogens is 4. The van der Waals surface area contributed by atoms with E-state index in [1.165, 1.54) is 81.9 Å². The Morgan fingerprint density at radius 2 is 1.17 bits per heavy atom. The lowest BCUT2D eigenvalue weighted by Crippen LogP contribution is -2.63. The molecule has 1 aliphatic heterocycles. The number of likely N-dealkylation sites (N-methyl/N-ethyl adjacent to an activating group) is 7. The van der Waals surface area contributed by atoms with Crippen LogP contribution in [0, 0.1) is 23.7 Å². The Balaban J connectivity index is 2.93. The van der Waals surface area contributed by atoms with Gasteiger partial charge in [0.1, 0.15) is 41.8 Å². The molecule has 0 aliphatic carbocycles. The Bertz CT molecular complexity index is 2780. The van der Waals surface area contributed by atoms with Crippen molar-refractivity contribution in [3.63, 3.8) is 0 Å². The molecule has 1 aromatic rings. The first kappa shape index (κ1) is 83.4. The van der Waals surface area contributed by atoms with E-state index < -0.39 is 167 Å². The maximum atomic E-state index is 15.0. The highest BCUT2D eigenvalue weighted by Crippen LogP contribution is 2.35. The van der Waals surface area contributed by atoms with Crippen molar-refractivity contribution < 1.29 is 80.5 Å². The SMILES string of the molecule is CC[C@H](C)[C@@H]1NC(=O)[C@H](CC(C)C)N(C)C(=O)C[C@@H](C)NC(=O)[C@H](CC(C)C)N(C)C(=O)C(C)(C)NC(=O)[C@H](COCC(C)(C)O)N(C)C(=O)[C@H](CCc2ccc(C(F)(F)F)c(Cl)c2)NC(=O)CN(C)C(=O)[C@H](COCCC(C)C)N(C)C(=O)CN(C)C(=O)CN(C)C1=O. The van der Waals surface area contributed by atoms with Crippen molar-refractivity contribution >= 4 is 76.6 Å². The highest BCUT2D eigenvalue weighted by Gasteiger charge is 2.43. The monoisotopic (exact) mass is 1360 g/mol. The number of aliphatic hydroxyl groups is 1. The van der Waals surface area contributed by atoms with Gasteiger partial charge in [-0.05, 0) is 108 Å². The summed E-state index contributed by atoms with van der Waals surface area (Å²) in [6, 6.07) is -6.02. The molecule has 0 spiro atoms. The fourth-order valence-corrected chi connectivity index (χ4v) is 10.6. The highest BCUT2D eigenvalue weighted by molar-refractivity contribution is 6.31. The predicted octanol–water partition coefficient (Wildman–Crippen LogP) is 3.74. The van der Waals surface area contributed by atoms with Gasteiger partial charge >= 0.3 is 6.18 Å². The van der Waals surface area contributed by atoms with Crippen LogP contribution in [0.15, 0.2) is 18.2 Å². The molecule has 8 atom stereocenters. The van der Waals surface area contributed by atoms with E-state index in [4.69, 9.17) is 21.1 Å². The Kier molecular flexibility index (Phi) is 32.9. The number of benzene rings is 1. The van der Waals surface area contributed by atoms with Crippen LogP contribution in [0.1, 0.15) is 140 Å². The van der Waals surface area contributed by atoms with Crippen molar-refractivity contribution in [3.05, 3.63) is 34.3 Å². The standard InChI is InChI=1S/C65H107ClF3N11O14/c1-21-41(8)55-61(90)76(16)33-53(83)74(14)34-54(84)78(18)50(36-93-27-26-38(2)3)60(89)75(15)32-51(81)71-46(25-23-43-22-24-44(45(66)31-43)65(67,68)69)59(88)79(19)49(35-94-37-63(10,11)92)58(87)73-64(12,13)62(91)80(20)48(29-40(6)7)56(85)70-42(9)30-52(82)77(17)47(28-39(4)5)57(86)72-55/h22,24,31,38-42,46-50,55,92H,21,23,25-30,32-37H2,1-20H3,(H,70,85)(H,71,81)(H,72,86)(H,73,87)/t41-,42+,46-,47-,48-,49-,50-,55-/m0/s1. The van der Waals surface area contributed by atoms with Crippen molar-refractivity contribution in [2.45, 2.75) is 195 Å². The van der Waals surface area contributed by atoms with Crippen molar-refractivity contribution in [3.8, 4) is 0 Å². The molecule has 94 heavy (non-hydrogen) atoms. The number of rotatable bonds is 18. The van der Waals surface area contributed by atoms with Crippen LogP contribution in [0.2, 0.25) is 5.02 Å². The van der Waals surface area contributed by atoms with Crippen LogP contribution < -0.4 is 21.3 Å². The fraction of sp³-hybridized carbons (Fsp3) is 0.738. The summed E-state index contributed by atoms with van der Waals surface area (Å²) in [6.07, 6.45) is -4.37. The molecule has 0 saturated carbocycles. The van der Waals surface area contributed by atoms with Crippen molar-refractivity contribution in [1.82, 2.24) is 55.6 Å². The lowest BCUT2D eigenvalue weighted by atomic mass is 9.95. The van der Waals surface area contributed by atoms with Crippen LogP contribution >= 0.6 is 11.6 Å². The average Bonchev–Trinajstić information content (AvgIpc) is 0.845. The van der Waals surface area contributed by atoms with Crippen molar-refractivity contribution in [1.29, 1.82) is 0 Å². The van der Waals surface area contributed by atoms with Crippen LogP contribution in [0.25, 0.3) is 0 Å². The Morgan fingerprint density at radius 3 is 1.70 bits per heavy atom. The lowest BCUT2D eigenvalue weighted by molar-refractivity contribution is -0.150.